The molecule has 2 aromatic carbocycles. The van der Waals surface area contributed by atoms with Crippen molar-refractivity contribution in [1.82, 2.24) is 0 Å². The molecule has 0 aromatic heterocycles. The highest BCUT2D eigenvalue weighted by molar-refractivity contribution is 5.42. The van der Waals surface area contributed by atoms with E-state index in [9.17, 15) is 9.65 Å². The van der Waals surface area contributed by atoms with Gasteiger partial charge >= 0.3 is 0 Å². The molecule has 0 saturated heterocycles. The molecule has 0 aliphatic heterocycles. The maximum atomic E-state index is 13.4. The van der Waals surface area contributed by atoms with Crippen LogP contribution in [0.2, 0.25) is 0 Å². The van der Waals surface area contributed by atoms with Gasteiger partial charge in [0.15, 0.2) is 0 Å². The molecule has 0 spiro atoms. The number of benzene rings is 2. The average Bonchev–Trinajstić information content (AvgIpc) is 2.52. The Morgan fingerprint density at radius 1 is 1.19 bits per heavy atom. The van der Waals surface area contributed by atoms with E-state index in [-0.39, 0.29) is 0 Å². The number of nitriles is 2. The van der Waals surface area contributed by atoms with Gasteiger partial charge in [-0.25, -0.2) is 4.39 Å². The molecule has 4 heteroatoms. The quantitative estimate of drug-likeness (QED) is 0.860. The summed E-state index contributed by atoms with van der Waals surface area (Å²) in [6, 6.07) is 15.4. The minimum absolute atomic E-state index is 0.395. The summed E-state index contributed by atoms with van der Waals surface area (Å²) in [5.74, 6) is -0.458. The summed E-state index contributed by atoms with van der Waals surface area (Å²) in [6.45, 7) is 0. The predicted octanol–water partition coefficient (Wildman–Crippen LogP) is 3.56. The van der Waals surface area contributed by atoms with Crippen LogP contribution < -0.4 is 4.74 Å². The molecule has 0 bridgehead atoms. The molecule has 0 N–H and O–H groups in total. The fraction of sp³-hybridized carbons (Fsp3) is 0.176. The molecule has 0 amide bonds. The first kappa shape index (κ1) is 14.6. The molecule has 21 heavy (non-hydrogen) atoms. The van der Waals surface area contributed by atoms with E-state index in [4.69, 9.17) is 10.00 Å². The van der Waals surface area contributed by atoms with Crippen LogP contribution in [0, 0.1) is 28.5 Å². The van der Waals surface area contributed by atoms with Crippen LogP contribution in [0.25, 0.3) is 0 Å². The van der Waals surface area contributed by atoms with Crippen LogP contribution in [0.1, 0.15) is 22.6 Å². The van der Waals surface area contributed by atoms with Crippen LogP contribution in [0.3, 0.4) is 0 Å². The van der Waals surface area contributed by atoms with Crippen molar-refractivity contribution in [3.05, 3.63) is 65.0 Å². The molecule has 0 aliphatic carbocycles. The molecule has 0 saturated carbocycles. The Kier molecular flexibility index (Phi) is 4.53. The third-order valence-corrected chi connectivity index (χ3v) is 3.22. The van der Waals surface area contributed by atoms with Crippen LogP contribution in [0.5, 0.6) is 5.75 Å². The maximum absolute atomic E-state index is 13.4. The third kappa shape index (κ3) is 3.38. The van der Waals surface area contributed by atoms with E-state index >= 15 is 0 Å². The van der Waals surface area contributed by atoms with E-state index in [1.807, 2.05) is 6.07 Å². The van der Waals surface area contributed by atoms with E-state index in [0.29, 0.717) is 23.3 Å². The summed E-state index contributed by atoms with van der Waals surface area (Å²) in [5, 5.41) is 18.3. The lowest BCUT2D eigenvalue weighted by molar-refractivity contribution is 0.406. The summed E-state index contributed by atoms with van der Waals surface area (Å²) in [7, 11) is 1.49. The van der Waals surface area contributed by atoms with Gasteiger partial charge in [0.2, 0.25) is 0 Å². The standard InChI is InChI=1S/C17H13FN2O/c1-21-17-6-5-15(18)9-16(17)14(11-20)8-12-3-2-4-13(7-12)10-19/h2-7,9,14H,8H2,1H3. The Labute approximate surface area is 122 Å². The number of ether oxygens (including phenoxy) is 1. The van der Waals surface area contributed by atoms with Gasteiger partial charge in [0, 0.05) is 5.56 Å². The summed E-state index contributed by atoms with van der Waals surface area (Å²) in [4.78, 5) is 0. The van der Waals surface area contributed by atoms with Gasteiger partial charge < -0.3 is 4.74 Å². The Morgan fingerprint density at radius 3 is 2.67 bits per heavy atom. The molecule has 3 nitrogen and oxygen atoms in total. The second-order valence-electron chi connectivity index (χ2n) is 4.58. The van der Waals surface area contributed by atoms with E-state index < -0.39 is 11.7 Å². The second kappa shape index (κ2) is 6.54. The summed E-state index contributed by atoms with van der Waals surface area (Å²) in [5.41, 5.74) is 1.91. The highest BCUT2D eigenvalue weighted by atomic mass is 19.1. The van der Waals surface area contributed by atoms with Crippen LogP contribution in [-0.2, 0) is 6.42 Å². The van der Waals surface area contributed by atoms with Crippen molar-refractivity contribution in [1.29, 1.82) is 10.5 Å². The fourth-order valence-corrected chi connectivity index (χ4v) is 2.21. The molecule has 2 rings (SSSR count). The minimum Gasteiger partial charge on any atom is -0.496 e. The predicted molar refractivity (Wildman–Crippen MR) is 76.2 cm³/mol. The molecule has 104 valence electrons. The zero-order valence-corrected chi connectivity index (χ0v) is 11.5. The molecule has 0 aliphatic rings. The van der Waals surface area contributed by atoms with Gasteiger partial charge in [0.25, 0.3) is 0 Å². The number of hydrogen-bond donors (Lipinski definition) is 0. The van der Waals surface area contributed by atoms with Crippen LogP contribution in [0.4, 0.5) is 4.39 Å². The highest BCUT2D eigenvalue weighted by Crippen LogP contribution is 2.29. The van der Waals surface area contributed by atoms with Crippen molar-refractivity contribution < 1.29 is 9.13 Å². The van der Waals surface area contributed by atoms with Crippen molar-refractivity contribution in [2.75, 3.05) is 7.11 Å². The van der Waals surface area contributed by atoms with Crippen LogP contribution >= 0.6 is 0 Å². The monoisotopic (exact) mass is 280 g/mol. The number of halogens is 1. The average molecular weight is 280 g/mol. The van der Waals surface area contributed by atoms with E-state index in [0.717, 1.165) is 5.56 Å². The van der Waals surface area contributed by atoms with Crippen molar-refractivity contribution in [3.8, 4) is 17.9 Å². The van der Waals surface area contributed by atoms with Gasteiger partial charge in [-0.1, -0.05) is 12.1 Å². The van der Waals surface area contributed by atoms with Crippen molar-refractivity contribution in [2.24, 2.45) is 0 Å². The lowest BCUT2D eigenvalue weighted by Gasteiger charge is -2.14. The molecule has 0 heterocycles. The van der Waals surface area contributed by atoms with Crippen LogP contribution in [0.15, 0.2) is 42.5 Å². The van der Waals surface area contributed by atoms with Gasteiger partial charge in [-0.2, -0.15) is 10.5 Å². The number of hydrogen-bond acceptors (Lipinski definition) is 3. The van der Waals surface area contributed by atoms with Gasteiger partial charge in [-0.05, 0) is 42.3 Å². The molecule has 0 radical (unpaired) electrons. The summed E-state index contributed by atoms with van der Waals surface area (Å²) in [6.07, 6.45) is 0.395. The van der Waals surface area contributed by atoms with Gasteiger partial charge in [0.1, 0.15) is 11.6 Å². The van der Waals surface area contributed by atoms with Gasteiger partial charge in [0.05, 0.1) is 30.7 Å². The smallest absolute Gasteiger partial charge is 0.123 e. The lowest BCUT2D eigenvalue weighted by Crippen LogP contribution is -2.04. The fourth-order valence-electron chi connectivity index (χ4n) is 2.21. The van der Waals surface area contributed by atoms with E-state index in [1.165, 1.54) is 25.3 Å². The zero-order chi connectivity index (χ0) is 15.2. The number of rotatable bonds is 4. The summed E-state index contributed by atoms with van der Waals surface area (Å²) < 4.78 is 18.6. The van der Waals surface area contributed by atoms with Crippen molar-refractivity contribution in [3.63, 3.8) is 0 Å². The van der Waals surface area contributed by atoms with E-state index in [1.54, 1.807) is 18.2 Å². The van der Waals surface area contributed by atoms with Crippen LogP contribution in [-0.4, -0.2) is 7.11 Å². The Bertz CT molecular complexity index is 728. The molecule has 0 fully saturated rings. The zero-order valence-electron chi connectivity index (χ0n) is 11.5. The lowest BCUT2D eigenvalue weighted by atomic mass is 9.92. The minimum atomic E-state index is -0.537. The Hall–Kier alpha value is -2.85. The molecular weight excluding hydrogens is 267 g/mol. The third-order valence-electron chi connectivity index (χ3n) is 3.22. The summed E-state index contributed by atoms with van der Waals surface area (Å²) >= 11 is 0. The number of nitrogens with zero attached hydrogens (tertiary/aromatic N) is 2. The molecule has 1 atom stereocenters. The van der Waals surface area contributed by atoms with Crippen molar-refractivity contribution in [2.45, 2.75) is 12.3 Å². The normalized spacial score (nSPS) is 11.2. The maximum Gasteiger partial charge on any atom is 0.123 e. The Balaban J connectivity index is 2.35. The topological polar surface area (TPSA) is 56.8 Å². The SMILES string of the molecule is COc1ccc(F)cc1C(C#N)Cc1cccc(C#N)c1. The largest absolute Gasteiger partial charge is 0.496 e. The first-order valence-corrected chi connectivity index (χ1v) is 6.40. The molecule has 2 aromatic rings. The van der Waals surface area contributed by atoms with Gasteiger partial charge in [-0.3, -0.25) is 0 Å². The first-order valence-electron chi connectivity index (χ1n) is 6.40. The number of methoxy groups -OCH3 is 1. The van der Waals surface area contributed by atoms with Gasteiger partial charge in [-0.15, -0.1) is 0 Å². The van der Waals surface area contributed by atoms with E-state index in [2.05, 4.69) is 12.1 Å². The Morgan fingerprint density at radius 2 is 2.00 bits per heavy atom. The first-order chi connectivity index (χ1) is 10.2. The second-order valence-corrected chi connectivity index (χ2v) is 4.58. The highest BCUT2D eigenvalue weighted by Gasteiger charge is 2.17. The molecule has 1 unspecified atom stereocenters. The molecular formula is C17H13FN2O. The van der Waals surface area contributed by atoms with Crippen molar-refractivity contribution >= 4 is 0 Å².